The standard InChI is InChI=1S/C18H19NO3/c1-13-7-9-16(10-8-13)19-17(20)11-15(12-18(21)22)14-5-3-2-4-6-14/h2-10,15H,11-12H2,1H3,(H,19,20)(H,21,22). The normalized spacial score (nSPS) is 11.7. The summed E-state index contributed by atoms with van der Waals surface area (Å²) in [4.78, 5) is 23.2. The molecule has 0 aromatic heterocycles. The fraction of sp³-hybridized carbons (Fsp3) is 0.222. The van der Waals surface area contributed by atoms with Gasteiger partial charge in [0, 0.05) is 18.0 Å². The Hall–Kier alpha value is -2.62. The predicted molar refractivity (Wildman–Crippen MR) is 85.9 cm³/mol. The van der Waals surface area contributed by atoms with E-state index in [1.54, 1.807) is 0 Å². The molecule has 22 heavy (non-hydrogen) atoms. The summed E-state index contributed by atoms with van der Waals surface area (Å²) in [5.74, 6) is -1.42. The number of aryl methyl sites for hydroxylation is 1. The molecular weight excluding hydrogens is 278 g/mol. The molecule has 114 valence electrons. The largest absolute Gasteiger partial charge is 0.481 e. The van der Waals surface area contributed by atoms with Crippen molar-refractivity contribution < 1.29 is 14.7 Å². The Morgan fingerprint density at radius 3 is 2.23 bits per heavy atom. The van der Waals surface area contributed by atoms with E-state index in [4.69, 9.17) is 5.11 Å². The molecular formula is C18H19NO3. The molecule has 0 bridgehead atoms. The number of carbonyl (C=O) groups excluding carboxylic acids is 1. The second kappa shape index (κ2) is 7.41. The third-order valence-electron chi connectivity index (χ3n) is 3.46. The molecule has 0 aliphatic rings. The van der Waals surface area contributed by atoms with Gasteiger partial charge >= 0.3 is 5.97 Å². The highest BCUT2D eigenvalue weighted by Gasteiger charge is 2.19. The number of hydrogen-bond donors (Lipinski definition) is 2. The van der Waals surface area contributed by atoms with E-state index in [9.17, 15) is 9.59 Å². The molecule has 1 atom stereocenters. The highest BCUT2D eigenvalue weighted by molar-refractivity contribution is 5.91. The van der Waals surface area contributed by atoms with Crippen LogP contribution in [0.1, 0.15) is 29.9 Å². The first-order valence-corrected chi connectivity index (χ1v) is 7.18. The van der Waals surface area contributed by atoms with Crippen molar-refractivity contribution in [2.45, 2.75) is 25.7 Å². The third-order valence-corrected chi connectivity index (χ3v) is 3.46. The fourth-order valence-electron chi connectivity index (χ4n) is 2.32. The number of hydrogen-bond acceptors (Lipinski definition) is 2. The second-order valence-electron chi connectivity index (χ2n) is 5.32. The lowest BCUT2D eigenvalue weighted by atomic mass is 9.92. The summed E-state index contributed by atoms with van der Waals surface area (Å²) < 4.78 is 0. The molecule has 0 radical (unpaired) electrons. The Labute approximate surface area is 129 Å². The minimum absolute atomic E-state index is 0.0642. The number of carbonyl (C=O) groups is 2. The molecule has 2 N–H and O–H groups in total. The van der Waals surface area contributed by atoms with Crippen molar-refractivity contribution in [3.63, 3.8) is 0 Å². The average Bonchev–Trinajstić information content (AvgIpc) is 2.49. The molecule has 2 rings (SSSR count). The fourth-order valence-corrected chi connectivity index (χ4v) is 2.32. The monoisotopic (exact) mass is 297 g/mol. The zero-order chi connectivity index (χ0) is 15.9. The van der Waals surface area contributed by atoms with E-state index >= 15 is 0 Å². The van der Waals surface area contributed by atoms with Crippen LogP contribution in [0.3, 0.4) is 0 Å². The topological polar surface area (TPSA) is 66.4 Å². The minimum Gasteiger partial charge on any atom is -0.481 e. The van der Waals surface area contributed by atoms with Crippen LogP contribution in [0.4, 0.5) is 5.69 Å². The van der Waals surface area contributed by atoms with Gasteiger partial charge in [-0.1, -0.05) is 48.0 Å². The smallest absolute Gasteiger partial charge is 0.303 e. The lowest BCUT2D eigenvalue weighted by Gasteiger charge is -2.15. The van der Waals surface area contributed by atoms with Gasteiger partial charge in [0.2, 0.25) is 5.91 Å². The molecule has 0 aliphatic heterocycles. The van der Waals surface area contributed by atoms with Crippen molar-refractivity contribution in [1.82, 2.24) is 0 Å². The Morgan fingerprint density at radius 1 is 1.00 bits per heavy atom. The first-order chi connectivity index (χ1) is 10.5. The van der Waals surface area contributed by atoms with Crippen molar-refractivity contribution in [3.8, 4) is 0 Å². The zero-order valence-corrected chi connectivity index (χ0v) is 12.5. The number of amides is 1. The molecule has 4 heteroatoms. The van der Waals surface area contributed by atoms with Gasteiger partial charge in [-0.2, -0.15) is 0 Å². The second-order valence-corrected chi connectivity index (χ2v) is 5.32. The molecule has 1 amide bonds. The van der Waals surface area contributed by atoms with Gasteiger partial charge in [0.15, 0.2) is 0 Å². The van der Waals surface area contributed by atoms with Gasteiger partial charge < -0.3 is 10.4 Å². The third kappa shape index (κ3) is 4.74. The van der Waals surface area contributed by atoms with Gasteiger partial charge in [0.05, 0.1) is 6.42 Å². The Kier molecular flexibility index (Phi) is 5.31. The maximum absolute atomic E-state index is 12.2. The summed E-state index contributed by atoms with van der Waals surface area (Å²) in [6, 6.07) is 16.8. The first kappa shape index (κ1) is 15.8. The van der Waals surface area contributed by atoms with E-state index in [1.807, 2.05) is 61.5 Å². The van der Waals surface area contributed by atoms with Crippen LogP contribution in [0.5, 0.6) is 0 Å². The maximum Gasteiger partial charge on any atom is 0.303 e. The van der Waals surface area contributed by atoms with E-state index in [0.717, 1.165) is 16.8 Å². The van der Waals surface area contributed by atoms with Crippen molar-refractivity contribution in [1.29, 1.82) is 0 Å². The summed E-state index contributed by atoms with van der Waals surface area (Å²) in [6.45, 7) is 1.98. The number of rotatable bonds is 6. The number of carboxylic acid groups (broad SMARTS) is 1. The van der Waals surface area contributed by atoms with E-state index in [1.165, 1.54) is 0 Å². The van der Waals surface area contributed by atoms with Gasteiger partial charge in [-0.05, 0) is 24.6 Å². The number of carboxylic acids is 1. The highest BCUT2D eigenvalue weighted by Crippen LogP contribution is 2.24. The van der Waals surface area contributed by atoms with Crippen LogP contribution in [0, 0.1) is 6.92 Å². The van der Waals surface area contributed by atoms with E-state index in [0.29, 0.717) is 0 Å². The highest BCUT2D eigenvalue weighted by atomic mass is 16.4. The van der Waals surface area contributed by atoms with Crippen molar-refractivity contribution in [2.24, 2.45) is 0 Å². The van der Waals surface area contributed by atoms with Crippen LogP contribution >= 0.6 is 0 Å². The van der Waals surface area contributed by atoms with Crippen LogP contribution in [-0.4, -0.2) is 17.0 Å². The lowest BCUT2D eigenvalue weighted by Crippen LogP contribution is -2.17. The Morgan fingerprint density at radius 2 is 1.64 bits per heavy atom. The van der Waals surface area contributed by atoms with Gasteiger partial charge in [-0.3, -0.25) is 9.59 Å². The zero-order valence-electron chi connectivity index (χ0n) is 12.5. The Bertz CT molecular complexity index is 635. The minimum atomic E-state index is -0.906. The van der Waals surface area contributed by atoms with Crippen molar-refractivity contribution >= 4 is 17.6 Å². The number of nitrogens with one attached hydrogen (secondary N) is 1. The number of anilines is 1. The maximum atomic E-state index is 12.2. The van der Waals surface area contributed by atoms with Crippen LogP contribution < -0.4 is 5.32 Å². The number of benzene rings is 2. The van der Waals surface area contributed by atoms with E-state index < -0.39 is 5.97 Å². The summed E-state index contributed by atoms with van der Waals surface area (Å²) in [5, 5.41) is 11.9. The van der Waals surface area contributed by atoms with Crippen LogP contribution in [-0.2, 0) is 9.59 Å². The average molecular weight is 297 g/mol. The van der Waals surface area contributed by atoms with Crippen molar-refractivity contribution in [3.05, 3.63) is 65.7 Å². The lowest BCUT2D eigenvalue weighted by molar-refractivity contribution is -0.137. The molecule has 2 aromatic rings. The quantitative estimate of drug-likeness (QED) is 0.856. The van der Waals surface area contributed by atoms with Gasteiger partial charge in [-0.25, -0.2) is 0 Å². The van der Waals surface area contributed by atoms with Crippen LogP contribution in [0.25, 0.3) is 0 Å². The molecule has 0 saturated carbocycles. The van der Waals surface area contributed by atoms with Gasteiger partial charge in [0.25, 0.3) is 0 Å². The first-order valence-electron chi connectivity index (χ1n) is 7.18. The number of aliphatic carboxylic acids is 1. The molecule has 0 fully saturated rings. The predicted octanol–water partition coefficient (Wildman–Crippen LogP) is 3.58. The van der Waals surface area contributed by atoms with E-state index in [2.05, 4.69) is 5.32 Å². The molecule has 0 heterocycles. The van der Waals surface area contributed by atoms with Crippen molar-refractivity contribution in [2.75, 3.05) is 5.32 Å². The van der Waals surface area contributed by atoms with E-state index in [-0.39, 0.29) is 24.7 Å². The molecule has 0 aliphatic carbocycles. The molecule has 0 spiro atoms. The van der Waals surface area contributed by atoms with Crippen LogP contribution in [0.15, 0.2) is 54.6 Å². The summed E-state index contributed by atoms with van der Waals surface area (Å²) >= 11 is 0. The Balaban J connectivity index is 2.04. The molecule has 4 nitrogen and oxygen atoms in total. The summed E-state index contributed by atoms with van der Waals surface area (Å²) in [6.07, 6.45) is 0.0789. The summed E-state index contributed by atoms with van der Waals surface area (Å²) in [5.41, 5.74) is 2.70. The van der Waals surface area contributed by atoms with Gasteiger partial charge in [0.1, 0.15) is 0 Å². The van der Waals surface area contributed by atoms with Crippen LogP contribution in [0.2, 0.25) is 0 Å². The SMILES string of the molecule is Cc1ccc(NC(=O)CC(CC(=O)O)c2ccccc2)cc1. The molecule has 1 unspecified atom stereocenters. The molecule has 0 saturated heterocycles. The van der Waals surface area contributed by atoms with Gasteiger partial charge in [-0.15, -0.1) is 0 Å². The summed E-state index contributed by atoms with van der Waals surface area (Å²) in [7, 11) is 0. The molecule has 2 aromatic carbocycles.